The molecule has 2 aliphatic carbocycles. The first-order valence-electron chi connectivity index (χ1n) is 3.04. The van der Waals surface area contributed by atoms with Crippen LogP contribution in [0.3, 0.4) is 0 Å². The number of fused-ring (bicyclic) bond motifs is 1. The maximum absolute atomic E-state index is 11.9. The molecule has 2 atom stereocenters. The van der Waals surface area contributed by atoms with Gasteiger partial charge in [0.05, 0.1) is 5.41 Å². The van der Waals surface area contributed by atoms with E-state index < -0.39 is 11.6 Å². The Labute approximate surface area is 51.0 Å². The third-order valence-electron chi connectivity index (χ3n) is 2.83. The zero-order valence-corrected chi connectivity index (χ0v) is 5.00. The lowest BCUT2D eigenvalue weighted by molar-refractivity contribution is -0.198. The van der Waals surface area contributed by atoms with Crippen LogP contribution >= 0.6 is 0 Å². The predicted octanol–water partition coefficient (Wildman–Crippen LogP) is 2.20. The fraction of sp³-hybridized carbons (Fsp3) is 1.00. The Morgan fingerprint density at radius 3 is 1.78 bits per heavy atom. The summed E-state index contributed by atoms with van der Waals surface area (Å²) in [7, 11) is 0. The molecule has 3 heteroatoms. The third-order valence-corrected chi connectivity index (χ3v) is 2.83. The van der Waals surface area contributed by atoms with Gasteiger partial charge < -0.3 is 0 Å². The summed E-state index contributed by atoms with van der Waals surface area (Å²) in [5.41, 5.74) is -1.26. The highest BCUT2D eigenvalue weighted by Gasteiger charge is 2.84. The van der Waals surface area contributed by atoms with Crippen LogP contribution in [0.2, 0.25) is 0 Å². The van der Waals surface area contributed by atoms with Gasteiger partial charge in [-0.05, 0) is 18.3 Å². The largest absolute Gasteiger partial charge is 0.394 e. The summed E-state index contributed by atoms with van der Waals surface area (Å²) in [6.45, 7) is 1.33. The van der Waals surface area contributed by atoms with Crippen LogP contribution in [-0.2, 0) is 0 Å². The molecule has 0 nitrogen and oxygen atoms in total. The molecular formula is C6H7F3. The summed E-state index contributed by atoms with van der Waals surface area (Å²) in [6.07, 6.45) is -3.11. The highest BCUT2D eigenvalue weighted by Crippen LogP contribution is 2.82. The molecule has 2 unspecified atom stereocenters. The molecule has 0 spiro atoms. The smallest absolute Gasteiger partial charge is 0.170 e. The molecule has 0 heterocycles. The molecule has 2 rings (SSSR count). The number of rotatable bonds is 0. The van der Waals surface area contributed by atoms with Crippen molar-refractivity contribution in [2.45, 2.75) is 19.5 Å². The van der Waals surface area contributed by atoms with Gasteiger partial charge in [0.15, 0.2) is 0 Å². The minimum absolute atomic E-state index is 0.00231. The molecule has 0 radical (unpaired) electrons. The summed E-state index contributed by atoms with van der Waals surface area (Å²) >= 11 is 0. The van der Waals surface area contributed by atoms with E-state index in [2.05, 4.69) is 0 Å². The lowest BCUT2D eigenvalue weighted by Crippen LogP contribution is -2.27. The van der Waals surface area contributed by atoms with Gasteiger partial charge in [0.25, 0.3) is 0 Å². The van der Waals surface area contributed by atoms with Gasteiger partial charge in [-0.25, -0.2) is 0 Å². The van der Waals surface area contributed by atoms with Crippen molar-refractivity contribution in [3.8, 4) is 0 Å². The quantitative estimate of drug-likeness (QED) is 0.479. The lowest BCUT2D eigenvalue weighted by atomic mass is 9.97. The van der Waals surface area contributed by atoms with Crippen molar-refractivity contribution < 1.29 is 13.2 Å². The Kier molecular flexibility index (Phi) is 0.629. The fourth-order valence-corrected chi connectivity index (χ4v) is 1.64. The Hall–Kier alpha value is -0.210. The van der Waals surface area contributed by atoms with Crippen molar-refractivity contribution in [2.24, 2.45) is 17.3 Å². The van der Waals surface area contributed by atoms with Crippen molar-refractivity contribution in [1.82, 2.24) is 0 Å². The van der Waals surface area contributed by atoms with Crippen molar-refractivity contribution in [3.05, 3.63) is 0 Å². The molecular weight excluding hydrogens is 129 g/mol. The Morgan fingerprint density at radius 2 is 1.78 bits per heavy atom. The number of alkyl halides is 3. The maximum Gasteiger partial charge on any atom is 0.394 e. The molecule has 2 saturated carbocycles. The molecule has 0 saturated heterocycles. The van der Waals surface area contributed by atoms with E-state index in [1.54, 1.807) is 0 Å². The molecule has 0 aliphatic heterocycles. The van der Waals surface area contributed by atoms with Gasteiger partial charge >= 0.3 is 6.18 Å². The second-order valence-electron chi connectivity index (χ2n) is 3.23. The van der Waals surface area contributed by atoms with Crippen LogP contribution in [0.25, 0.3) is 0 Å². The van der Waals surface area contributed by atoms with E-state index in [4.69, 9.17) is 0 Å². The lowest BCUT2D eigenvalue weighted by Gasteiger charge is -2.19. The molecule has 0 aromatic heterocycles. The van der Waals surface area contributed by atoms with Gasteiger partial charge in [-0.15, -0.1) is 0 Å². The zero-order valence-electron chi connectivity index (χ0n) is 5.00. The average molecular weight is 136 g/mol. The van der Waals surface area contributed by atoms with Crippen molar-refractivity contribution in [3.63, 3.8) is 0 Å². The van der Waals surface area contributed by atoms with Gasteiger partial charge in [-0.2, -0.15) is 13.2 Å². The first-order chi connectivity index (χ1) is 3.98. The first kappa shape index (κ1) is 5.57. The Morgan fingerprint density at radius 1 is 1.33 bits per heavy atom. The molecule has 0 amide bonds. The van der Waals surface area contributed by atoms with E-state index in [9.17, 15) is 13.2 Å². The summed E-state index contributed by atoms with van der Waals surface area (Å²) in [6, 6.07) is 0. The average Bonchev–Trinajstić information content (AvgIpc) is 2.43. The molecule has 0 aromatic carbocycles. The van der Waals surface area contributed by atoms with Crippen LogP contribution in [0.1, 0.15) is 13.3 Å². The van der Waals surface area contributed by atoms with Gasteiger partial charge in [0, 0.05) is 0 Å². The minimum Gasteiger partial charge on any atom is -0.170 e. The Balaban J connectivity index is 2.15. The number of halogens is 3. The maximum atomic E-state index is 11.9. The van der Waals surface area contributed by atoms with Gasteiger partial charge in [0.2, 0.25) is 0 Å². The normalized spacial score (nSPS) is 54.7. The summed E-state index contributed by atoms with van der Waals surface area (Å²) < 4.78 is 35.7. The van der Waals surface area contributed by atoms with E-state index in [1.807, 2.05) is 0 Å². The highest BCUT2D eigenvalue weighted by atomic mass is 19.4. The van der Waals surface area contributed by atoms with Crippen molar-refractivity contribution in [1.29, 1.82) is 0 Å². The van der Waals surface area contributed by atoms with Crippen LogP contribution in [0, 0.1) is 17.3 Å². The van der Waals surface area contributed by atoms with Crippen LogP contribution in [0.5, 0.6) is 0 Å². The molecule has 0 N–H and O–H groups in total. The second-order valence-corrected chi connectivity index (χ2v) is 3.23. The monoisotopic (exact) mass is 136 g/mol. The van der Waals surface area contributed by atoms with Gasteiger partial charge in [-0.3, -0.25) is 0 Å². The molecule has 9 heavy (non-hydrogen) atoms. The minimum atomic E-state index is -3.93. The van der Waals surface area contributed by atoms with E-state index in [0.29, 0.717) is 0 Å². The van der Waals surface area contributed by atoms with Crippen molar-refractivity contribution in [2.75, 3.05) is 0 Å². The zero-order chi connectivity index (χ0) is 6.86. The third kappa shape index (κ3) is 0.425. The highest BCUT2D eigenvalue weighted by molar-refractivity contribution is 5.24. The summed E-state index contributed by atoms with van der Waals surface area (Å²) in [4.78, 5) is 0. The van der Waals surface area contributed by atoms with Crippen LogP contribution < -0.4 is 0 Å². The molecule has 0 bridgehead atoms. The van der Waals surface area contributed by atoms with Gasteiger partial charge in [0.1, 0.15) is 0 Å². The second kappa shape index (κ2) is 1.02. The summed E-state index contributed by atoms with van der Waals surface area (Å²) in [5, 5.41) is 0. The standard InChI is InChI=1S/C6H7F3/c1-5(6(7,8)9)3-2-4(3)5/h3-4H,2H2,1H3. The van der Waals surface area contributed by atoms with Crippen LogP contribution in [0.4, 0.5) is 13.2 Å². The fourth-order valence-electron chi connectivity index (χ4n) is 1.64. The van der Waals surface area contributed by atoms with Crippen molar-refractivity contribution >= 4 is 0 Å². The molecule has 52 valence electrons. The van der Waals surface area contributed by atoms with E-state index in [0.717, 1.165) is 6.42 Å². The Bertz CT molecular complexity index is 150. The molecule has 0 aromatic rings. The molecule has 2 aliphatic rings. The first-order valence-corrected chi connectivity index (χ1v) is 3.04. The van der Waals surface area contributed by atoms with Gasteiger partial charge in [-0.1, -0.05) is 6.92 Å². The van der Waals surface area contributed by atoms with Crippen LogP contribution in [-0.4, -0.2) is 6.18 Å². The number of hydrogen-bond acceptors (Lipinski definition) is 0. The SMILES string of the molecule is CC1(C(F)(F)F)C2CC21. The summed E-state index contributed by atoms with van der Waals surface area (Å²) in [5.74, 6) is -0.00463. The van der Waals surface area contributed by atoms with E-state index in [-0.39, 0.29) is 11.8 Å². The predicted molar refractivity (Wildman–Crippen MR) is 25.8 cm³/mol. The van der Waals surface area contributed by atoms with Crippen LogP contribution in [0.15, 0.2) is 0 Å². The topological polar surface area (TPSA) is 0 Å². The number of hydrogen-bond donors (Lipinski definition) is 0. The molecule has 2 fully saturated rings. The van der Waals surface area contributed by atoms with E-state index in [1.165, 1.54) is 6.92 Å². The van der Waals surface area contributed by atoms with E-state index >= 15 is 0 Å².